The Morgan fingerprint density at radius 3 is 2.59 bits per heavy atom. The Bertz CT molecular complexity index is 574. The van der Waals surface area contributed by atoms with E-state index in [9.17, 15) is 9.59 Å². The minimum atomic E-state index is -0.589. The fourth-order valence-electron chi connectivity index (χ4n) is 2.90. The molecule has 2 amide bonds. The highest BCUT2D eigenvalue weighted by atomic mass is 16.6. The molecule has 1 aromatic rings. The van der Waals surface area contributed by atoms with Crippen molar-refractivity contribution in [2.75, 3.05) is 6.54 Å². The Morgan fingerprint density at radius 1 is 1.32 bits per heavy atom. The van der Waals surface area contributed by atoms with Gasteiger partial charge >= 0.3 is 6.09 Å². The van der Waals surface area contributed by atoms with Gasteiger partial charge in [-0.15, -0.1) is 0 Å². The average molecular weight is 303 g/mol. The number of rotatable bonds is 1. The second-order valence-electron chi connectivity index (χ2n) is 7.07. The second-order valence-corrected chi connectivity index (χ2v) is 7.07. The van der Waals surface area contributed by atoms with Crippen molar-refractivity contribution in [2.24, 2.45) is 5.92 Å². The number of amides is 2. The van der Waals surface area contributed by atoms with Crippen molar-refractivity contribution in [1.29, 1.82) is 0 Å². The van der Waals surface area contributed by atoms with Crippen LogP contribution in [-0.4, -0.2) is 29.0 Å². The van der Waals surface area contributed by atoms with Crippen molar-refractivity contribution < 1.29 is 14.3 Å². The van der Waals surface area contributed by atoms with E-state index in [0.717, 1.165) is 6.42 Å². The van der Waals surface area contributed by atoms with Crippen LogP contribution in [-0.2, 0) is 9.53 Å². The number of benzene rings is 1. The molecule has 22 heavy (non-hydrogen) atoms. The normalized spacial score (nSPS) is 22.6. The Morgan fingerprint density at radius 2 is 2.00 bits per heavy atom. The van der Waals surface area contributed by atoms with Gasteiger partial charge in [0.05, 0.1) is 0 Å². The summed E-state index contributed by atoms with van der Waals surface area (Å²) in [7, 11) is 0. The molecule has 2 rings (SSSR count). The summed E-state index contributed by atoms with van der Waals surface area (Å²) in [4.78, 5) is 25.9. The molecule has 1 saturated heterocycles. The number of likely N-dealkylation sites (tertiary alicyclic amines) is 1. The van der Waals surface area contributed by atoms with Gasteiger partial charge in [0.25, 0.3) is 0 Å². The van der Waals surface area contributed by atoms with Gasteiger partial charge in [0, 0.05) is 12.5 Å². The van der Waals surface area contributed by atoms with Crippen LogP contribution in [0.5, 0.6) is 0 Å². The van der Waals surface area contributed by atoms with Crippen LogP contribution in [0.1, 0.15) is 51.2 Å². The summed E-state index contributed by atoms with van der Waals surface area (Å²) in [6.45, 7) is 9.77. The third-order valence-corrected chi connectivity index (χ3v) is 4.01. The average Bonchev–Trinajstić information content (AvgIpc) is 2.39. The fourth-order valence-corrected chi connectivity index (χ4v) is 2.90. The van der Waals surface area contributed by atoms with Crippen molar-refractivity contribution in [2.45, 2.75) is 52.6 Å². The SMILES string of the molecule is Cc1cccc([C@H]2CCN(C(=O)OC(C)(C)C)C(=O)[C@@H]2C)c1. The van der Waals surface area contributed by atoms with E-state index in [1.165, 1.54) is 16.0 Å². The molecule has 0 N–H and O–H groups in total. The van der Waals surface area contributed by atoms with Crippen LogP contribution in [0.3, 0.4) is 0 Å². The number of carbonyl (C=O) groups is 2. The topological polar surface area (TPSA) is 46.6 Å². The molecule has 0 aliphatic carbocycles. The van der Waals surface area contributed by atoms with E-state index < -0.39 is 11.7 Å². The van der Waals surface area contributed by atoms with Crippen LogP contribution in [0, 0.1) is 12.8 Å². The summed E-state index contributed by atoms with van der Waals surface area (Å²) < 4.78 is 5.32. The monoisotopic (exact) mass is 303 g/mol. The summed E-state index contributed by atoms with van der Waals surface area (Å²) in [6.07, 6.45) is 0.238. The van der Waals surface area contributed by atoms with Crippen molar-refractivity contribution in [3.05, 3.63) is 35.4 Å². The summed E-state index contributed by atoms with van der Waals surface area (Å²) >= 11 is 0. The summed E-state index contributed by atoms with van der Waals surface area (Å²) in [5.41, 5.74) is 1.77. The lowest BCUT2D eigenvalue weighted by Gasteiger charge is -2.36. The molecule has 0 unspecified atom stereocenters. The molecule has 0 saturated carbocycles. The van der Waals surface area contributed by atoms with Gasteiger partial charge in [0.2, 0.25) is 5.91 Å². The molecular weight excluding hydrogens is 278 g/mol. The first-order chi connectivity index (χ1) is 10.2. The molecular formula is C18H25NO3. The zero-order valence-corrected chi connectivity index (χ0v) is 14.1. The van der Waals surface area contributed by atoms with E-state index in [-0.39, 0.29) is 17.7 Å². The first-order valence-corrected chi connectivity index (χ1v) is 7.80. The first kappa shape index (κ1) is 16.5. The van der Waals surface area contributed by atoms with Crippen molar-refractivity contribution in [1.82, 2.24) is 4.90 Å². The molecule has 0 aromatic heterocycles. The number of nitrogens with zero attached hydrogens (tertiary/aromatic N) is 1. The van der Waals surface area contributed by atoms with Crippen LogP contribution < -0.4 is 0 Å². The maximum atomic E-state index is 12.5. The highest BCUT2D eigenvalue weighted by Gasteiger charge is 2.38. The summed E-state index contributed by atoms with van der Waals surface area (Å²) in [5, 5.41) is 0. The van der Waals surface area contributed by atoms with E-state index in [1.54, 1.807) is 20.8 Å². The van der Waals surface area contributed by atoms with Gasteiger partial charge in [0.15, 0.2) is 0 Å². The van der Waals surface area contributed by atoms with Crippen LogP contribution in [0.15, 0.2) is 24.3 Å². The number of hydrogen-bond donors (Lipinski definition) is 0. The maximum Gasteiger partial charge on any atom is 0.417 e. The quantitative estimate of drug-likeness (QED) is 0.791. The third kappa shape index (κ3) is 3.67. The molecule has 4 nitrogen and oxygen atoms in total. The Labute approximate surface area is 132 Å². The zero-order valence-electron chi connectivity index (χ0n) is 14.1. The van der Waals surface area contributed by atoms with Crippen molar-refractivity contribution in [3.63, 3.8) is 0 Å². The van der Waals surface area contributed by atoms with Gasteiger partial charge in [0.1, 0.15) is 5.60 Å². The lowest BCUT2D eigenvalue weighted by Crippen LogP contribution is -2.48. The molecule has 1 aromatic carbocycles. The van der Waals surface area contributed by atoms with Crippen LogP contribution in [0.4, 0.5) is 4.79 Å². The van der Waals surface area contributed by atoms with E-state index in [2.05, 4.69) is 12.1 Å². The predicted octanol–water partition coefficient (Wildman–Crippen LogP) is 3.88. The maximum absolute atomic E-state index is 12.5. The molecule has 0 spiro atoms. The van der Waals surface area contributed by atoms with Gasteiger partial charge < -0.3 is 4.74 Å². The standard InChI is InChI=1S/C18H25NO3/c1-12-7-6-8-14(11-12)15-9-10-19(16(20)13(15)2)17(21)22-18(3,4)5/h6-8,11,13,15H,9-10H2,1-5H3/t13-,15+/m1/s1. The molecule has 1 aliphatic rings. The van der Waals surface area contributed by atoms with E-state index in [0.29, 0.717) is 6.54 Å². The molecule has 2 atom stereocenters. The number of aryl methyl sites for hydroxylation is 1. The Kier molecular flexibility index (Phi) is 4.59. The lowest BCUT2D eigenvalue weighted by molar-refractivity contribution is -0.137. The van der Waals surface area contributed by atoms with Gasteiger partial charge in [-0.25, -0.2) is 9.69 Å². The van der Waals surface area contributed by atoms with Crippen LogP contribution >= 0.6 is 0 Å². The largest absolute Gasteiger partial charge is 0.443 e. The van der Waals surface area contributed by atoms with Gasteiger partial charge in [-0.3, -0.25) is 4.79 Å². The number of ether oxygens (including phenoxy) is 1. The minimum Gasteiger partial charge on any atom is -0.443 e. The number of piperidine rings is 1. The van der Waals surface area contributed by atoms with Crippen molar-refractivity contribution >= 4 is 12.0 Å². The number of hydrogen-bond acceptors (Lipinski definition) is 3. The Balaban J connectivity index is 2.13. The first-order valence-electron chi connectivity index (χ1n) is 7.80. The molecule has 120 valence electrons. The number of carbonyl (C=O) groups excluding carboxylic acids is 2. The summed E-state index contributed by atoms with van der Waals surface area (Å²) in [6, 6.07) is 8.25. The fraction of sp³-hybridized carbons (Fsp3) is 0.556. The van der Waals surface area contributed by atoms with Crippen LogP contribution in [0.2, 0.25) is 0 Å². The highest BCUT2D eigenvalue weighted by molar-refractivity contribution is 5.94. The van der Waals surface area contributed by atoms with Gasteiger partial charge in [-0.1, -0.05) is 36.8 Å². The smallest absolute Gasteiger partial charge is 0.417 e. The third-order valence-electron chi connectivity index (χ3n) is 4.01. The van der Waals surface area contributed by atoms with Crippen LogP contribution in [0.25, 0.3) is 0 Å². The van der Waals surface area contributed by atoms with Crippen molar-refractivity contribution in [3.8, 4) is 0 Å². The minimum absolute atomic E-state index is 0.146. The lowest BCUT2D eigenvalue weighted by atomic mass is 9.81. The molecule has 0 bridgehead atoms. The second kappa shape index (κ2) is 6.11. The Hall–Kier alpha value is -1.84. The van der Waals surface area contributed by atoms with Gasteiger partial charge in [-0.05, 0) is 45.6 Å². The van der Waals surface area contributed by atoms with E-state index >= 15 is 0 Å². The predicted molar refractivity (Wildman–Crippen MR) is 85.6 cm³/mol. The number of imide groups is 1. The molecule has 1 heterocycles. The molecule has 1 aliphatic heterocycles. The molecule has 1 fully saturated rings. The van der Waals surface area contributed by atoms with E-state index in [4.69, 9.17) is 4.74 Å². The highest BCUT2D eigenvalue weighted by Crippen LogP contribution is 2.34. The molecule has 4 heteroatoms. The summed E-state index contributed by atoms with van der Waals surface area (Å²) in [5.74, 6) is -0.207. The van der Waals surface area contributed by atoms with Gasteiger partial charge in [-0.2, -0.15) is 0 Å². The zero-order chi connectivity index (χ0) is 16.5. The van der Waals surface area contributed by atoms with E-state index in [1.807, 2.05) is 26.0 Å². The molecule has 0 radical (unpaired) electrons.